The maximum absolute atomic E-state index is 13.5. The largest absolute Gasteiger partial charge is 0.444 e. The molecular formula is C17H26F3IN6O2. The first-order valence-electron chi connectivity index (χ1n) is 8.80. The van der Waals surface area contributed by atoms with Gasteiger partial charge in [0.05, 0.1) is 5.69 Å². The van der Waals surface area contributed by atoms with E-state index in [2.05, 4.69) is 25.6 Å². The number of aliphatic imine (C=N–C) groups is 1. The molecule has 2 aromatic heterocycles. The fraction of sp³-hybridized carbons (Fsp3) is 0.588. The van der Waals surface area contributed by atoms with Crippen LogP contribution in [0.4, 0.5) is 13.2 Å². The Morgan fingerprint density at radius 2 is 2.00 bits per heavy atom. The van der Waals surface area contributed by atoms with Crippen LogP contribution in [-0.4, -0.2) is 44.9 Å². The first-order chi connectivity index (χ1) is 13.1. The Morgan fingerprint density at radius 3 is 2.48 bits per heavy atom. The van der Waals surface area contributed by atoms with Crippen molar-refractivity contribution in [2.75, 3.05) is 13.1 Å². The van der Waals surface area contributed by atoms with Gasteiger partial charge in [-0.25, -0.2) is 15.0 Å². The van der Waals surface area contributed by atoms with Gasteiger partial charge in [-0.1, -0.05) is 0 Å². The zero-order valence-corrected chi connectivity index (χ0v) is 19.0. The standard InChI is InChI=1S/C17H25F3N6O2.HI/c1-5-21-15(24-10-13-25-11(2)12(3)28-13)23-7-6-16(27,17(18,19)20)14-22-8-9-26(14)4;/h8-9,27H,5-7,10H2,1-4H3,(H2,21,23,24);1H. The summed E-state index contributed by atoms with van der Waals surface area (Å²) in [7, 11) is 1.40. The van der Waals surface area contributed by atoms with E-state index in [1.54, 1.807) is 6.92 Å². The topological polar surface area (TPSA) is 100 Å². The minimum atomic E-state index is -4.88. The number of aromatic nitrogens is 3. The first kappa shape index (κ1) is 25.2. The summed E-state index contributed by atoms with van der Waals surface area (Å²) in [6.07, 6.45) is -2.95. The van der Waals surface area contributed by atoms with Crippen molar-refractivity contribution in [2.24, 2.45) is 12.0 Å². The van der Waals surface area contributed by atoms with Crippen LogP contribution in [0.5, 0.6) is 0 Å². The van der Waals surface area contributed by atoms with Gasteiger partial charge in [0.15, 0.2) is 5.96 Å². The molecule has 164 valence electrons. The molecule has 0 aliphatic heterocycles. The van der Waals surface area contributed by atoms with Crippen LogP contribution in [0.3, 0.4) is 0 Å². The van der Waals surface area contributed by atoms with Crippen molar-refractivity contribution >= 4 is 29.9 Å². The highest BCUT2D eigenvalue weighted by molar-refractivity contribution is 14.0. The third-order valence-electron chi connectivity index (χ3n) is 4.23. The fourth-order valence-electron chi connectivity index (χ4n) is 2.60. The predicted molar refractivity (Wildman–Crippen MR) is 112 cm³/mol. The van der Waals surface area contributed by atoms with E-state index < -0.39 is 24.0 Å². The molecule has 0 spiro atoms. The Kier molecular flexibility index (Phi) is 8.93. The Morgan fingerprint density at radius 1 is 1.31 bits per heavy atom. The monoisotopic (exact) mass is 530 g/mol. The van der Waals surface area contributed by atoms with E-state index in [9.17, 15) is 18.3 Å². The second-order valence-corrected chi connectivity index (χ2v) is 6.34. The summed E-state index contributed by atoms with van der Waals surface area (Å²) in [5.41, 5.74) is -2.32. The Labute approximate surface area is 184 Å². The maximum Gasteiger partial charge on any atom is 0.424 e. The molecule has 0 saturated heterocycles. The summed E-state index contributed by atoms with van der Waals surface area (Å²) in [6, 6.07) is 0. The number of hydrogen-bond acceptors (Lipinski definition) is 5. The van der Waals surface area contributed by atoms with E-state index in [0.717, 1.165) is 10.3 Å². The van der Waals surface area contributed by atoms with Gasteiger partial charge in [0, 0.05) is 39.0 Å². The van der Waals surface area contributed by atoms with Gasteiger partial charge in [0.25, 0.3) is 0 Å². The molecule has 0 bridgehead atoms. The highest BCUT2D eigenvalue weighted by Crippen LogP contribution is 2.40. The predicted octanol–water partition coefficient (Wildman–Crippen LogP) is 2.54. The second-order valence-electron chi connectivity index (χ2n) is 6.34. The number of guanidine groups is 1. The van der Waals surface area contributed by atoms with Gasteiger partial charge in [0.2, 0.25) is 11.5 Å². The summed E-state index contributed by atoms with van der Waals surface area (Å²) in [4.78, 5) is 12.1. The van der Waals surface area contributed by atoms with E-state index in [4.69, 9.17) is 4.42 Å². The number of rotatable bonds is 7. The molecule has 0 aliphatic carbocycles. The van der Waals surface area contributed by atoms with Crippen molar-refractivity contribution < 1.29 is 22.7 Å². The van der Waals surface area contributed by atoms with Crippen molar-refractivity contribution in [3.05, 3.63) is 35.6 Å². The van der Waals surface area contributed by atoms with Gasteiger partial charge < -0.3 is 24.7 Å². The molecule has 0 saturated carbocycles. The number of nitrogens with one attached hydrogen (secondary N) is 2. The molecule has 0 aromatic carbocycles. The second kappa shape index (κ2) is 10.3. The van der Waals surface area contributed by atoms with Gasteiger partial charge in [-0.15, -0.1) is 24.0 Å². The average Bonchev–Trinajstić information content (AvgIpc) is 3.17. The molecule has 2 rings (SSSR count). The summed E-state index contributed by atoms with van der Waals surface area (Å²) >= 11 is 0. The average molecular weight is 530 g/mol. The number of nitrogens with zero attached hydrogens (tertiary/aromatic N) is 4. The lowest BCUT2D eigenvalue weighted by Crippen LogP contribution is -2.47. The minimum absolute atomic E-state index is 0. The summed E-state index contributed by atoms with van der Waals surface area (Å²) in [6.45, 7) is 5.89. The van der Waals surface area contributed by atoms with Crippen LogP contribution in [0.25, 0.3) is 0 Å². The quantitative estimate of drug-likeness (QED) is 0.289. The van der Waals surface area contributed by atoms with E-state index in [-0.39, 0.29) is 37.1 Å². The van der Waals surface area contributed by atoms with Crippen molar-refractivity contribution in [3.8, 4) is 0 Å². The zero-order valence-electron chi connectivity index (χ0n) is 16.7. The van der Waals surface area contributed by atoms with Crippen molar-refractivity contribution in [1.82, 2.24) is 25.2 Å². The lowest BCUT2D eigenvalue weighted by atomic mass is 9.97. The zero-order chi connectivity index (χ0) is 20.9. The van der Waals surface area contributed by atoms with Gasteiger partial charge in [-0.3, -0.25) is 0 Å². The molecule has 29 heavy (non-hydrogen) atoms. The molecule has 0 amide bonds. The number of halogens is 4. The number of hydrogen-bond donors (Lipinski definition) is 3. The number of aliphatic hydroxyl groups is 1. The highest BCUT2D eigenvalue weighted by atomic mass is 127. The first-order valence-corrected chi connectivity index (χ1v) is 8.80. The highest BCUT2D eigenvalue weighted by Gasteiger charge is 2.57. The fourth-order valence-corrected chi connectivity index (χ4v) is 2.60. The summed E-state index contributed by atoms with van der Waals surface area (Å²) < 4.78 is 47.2. The van der Waals surface area contributed by atoms with Crippen LogP contribution in [0.2, 0.25) is 0 Å². The van der Waals surface area contributed by atoms with Gasteiger partial charge in [-0.05, 0) is 20.8 Å². The van der Waals surface area contributed by atoms with Crippen LogP contribution in [0.15, 0.2) is 21.8 Å². The van der Waals surface area contributed by atoms with Crippen molar-refractivity contribution in [2.45, 2.75) is 45.5 Å². The van der Waals surface area contributed by atoms with Crippen LogP contribution in [0.1, 0.15) is 36.5 Å². The van der Waals surface area contributed by atoms with Crippen LogP contribution in [-0.2, 0) is 19.2 Å². The van der Waals surface area contributed by atoms with E-state index >= 15 is 0 Å². The van der Waals surface area contributed by atoms with Crippen LogP contribution < -0.4 is 10.6 Å². The SMILES string of the molecule is CCNC(=NCc1nc(C)c(C)o1)NCCC(O)(c1nccn1C)C(F)(F)F.I. The van der Waals surface area contributed by atoms with Crippen molar-refractivity contribution in [3.63, 3.8) is 0 Å². The molecule has 1 unspecified atom stereocenters. The number of aryl methyl sites for hydroxylation is 3. The molecule has 8 nitrogen and oxygen atoms in total. The Bertz CT molecular complexity index is 801. The Hall–Kier alpha value is -1.83. The number of imidazole rings is 1. The molecule has 0 radical (unpaired) electrons. The lowest BCUT2D eigenvalue weighted by molar-refractivity contribution is -0.272. The van der Waals surface area contributed by atoms with Crippen molar-refractivity contribution in [1.29, 1.82) is 0 Å². The van der Waals surface area contributed by atoms with E-state index in [1.165, 1.54) is 19.4 Å². The summed E-state index contributed by atoms with van der Waals surface area (Å²) in [5, 5.41) is 16.1. The molecule has 2 aromatic rings. The van der Waals surface area contributed by atoms with Gasteiger partial charge >= 0.3 is 6.18 Å². The molecule has 1 atom stereocenters. The van der Waals surface area contributed by atoms with Gasteiger partial charge in [0.1, 0.15) is 18.1 Å². The number of alkyl halides is 3. The molecule has 0 aliphatic rings. The molecule has 0 fully saturated rings. The molecule has 2 heterocycles. The van der Waals surface area contributed by atoms with Crippen LogP contribution in [0, 0.1) is 13.8 Å². The molecule has 3 N–H and O–H groups in total. The smallest absolute Gasteiger partial charge is 0.424 e. The third kappa shape index (κ3) is 6.07. The number of oxazole rings is 1. The van der Waals surface area contributed by atoms with Crippen LogP contribution >= 0.6 is 24.0 Å². The Balaban J connectivity index is 0.00000420. The minimum Gasteiger partial charge on any atom is -0.444 e. The lowest BCUT2D eigenvalue weighted by Gasteiger charge is -2.30. The summed E-state index contributed by atoms with van der Waals surface area (Å²) in [5.74, 6) is 0.926. The molecular weight excluding hydrogens is 504 g/mol. The van der Waals surface area contributed by atoms with Gasteiger partial charge in [-0.2, -0.15) is 13.2 Å². The maximum atomic E-state index is 13.5. The van der Waals surface area contributed by atoms with E-state index in [1.807, 2.05) is 13.8 Å². The molecule has 12 heteroatoms. The third-order valence-corrected chi connectivity index (χ3v) is 4.23. The normalized spacial score (nSPS) is 14.3. The van der Waals surface area contributed by atoms with E-state index in [0.29, 0.717) is 24.2 Å².